The van der Waals surface area contributed by atoms with E-state index in [1.54, 1.807) is 0 Å². The number of hydrogen-bond donors (Lipinski definition) is 0. The summed E-state index contributed by atoms with van der Waals surface area (Å²) in [6.07, 6.45) is 0. The number of hydrogen-bond acceptors (Lipinski definition) is 1. The lowest BCUT2D eigenvalue weighted by atomic mass is 9.84. The van der Waals surface area contributed by atoms with Crippen LogP contribution in [-0.4, -0.2) is 0 Å². The van der Waals surface area contributed by atoms with Crippen LogP contribution in [0.1, 0.15) is 36.8 Å². The lowest BCUT2D eigenvalue weighted by Gasteiger charge is -2.27. The van der Waals surface area contributed by atoms with Gasteiger partial charge in [0.05, 0.1) is 0 Å². The Morgan fingerprint density at radius 1 is 0.600 bits per heavy atom. The van der Waals surface area contributed by atoms with Crippen LogP contribution in [0.3, 0.4) is 0 Å². The van der Waals surface area contributed by atoms with Crippen LogP contribution in [0, 0.1) is 0 Å². The van der Waals surface area contributed by atoms with Crippen molar-refractivity contribution in [2.45, 2.75) is 25.7 Å². The Kier molecular flexibility index (Phi) is 4.84. The van der Waals surface area contributed by atoms with Gasteiger partial charge in [0, 0.05) is 22.1 Å². The van der Waals surface area contributed by atoms with E-state index in [9.17, 15) is 0 Å². The predicted octanol–water partition coefficient (Wildman–Crippen LogP) is 8.70. The van der Waals surface area contributed by atoms with Gasteiger partial charge >= 0.3 is 0 Å². The van der Waals surface area contributed by atoms with Crippen molar-refractivity contribution in [3.8, 4) is 11.1 Å². The van der Waals surface area contributed by atoms with Crippen LogP contribution in [0.5, 0.6) is 0 Å². The van der Waals surface area contributed by atoms with Gasteiger partial charge in [-0.3, -0.25) is 0 Å². The van der Waals surface area contributed by atoms with E-state index in [0.29, 0.717) is 11.8 Å². The summed E-state index contributed by atoms with van der Waals surface area (Å²) >= 11 is 6.42. The molecular formula is C28H24ClN. The summed E-state index contributed by atoms with van der Waals surface area (Å²) in [7, 11) is 0. The highest BCUT2D eigenvalue weighted by molar-refractivity contribution is 6.30. The molecule has 0 aromatic heterocycles. The van der Waals surface area contributed by atoms with Crippen LogP contribution in [0.15, 0.2) is 97.1 Å². The molecule has 0 radical (unpaired) electrons. The second-order valence-electron chi connectivity index (χ2n) is 8.09. The quantitative estimate of drug-likeness (QED) is 0.320. The fourth-order valence-electron chi connectivity index (χ4n) is 4.55. The summed E-state index contributed by atoms with van der Waals surface area (Å²) in [5.41, 5.74) is 8.71. The van der Waals surface area contributed by atoms with E-state index in [-0.39, 0.29) is 0 Å². The molecule has 2 unspecified atom stereocenters. The minimum absolute atomic E-state index is 0.369. The summed E-state index contributed by atoms with van der Waals surface area (Å²) in [6.45, 7) is 4.62. The zero-order valence-corrected chi connectivity index (χ0v) is 18.0. The molecule has 1 aliphatic heterocycles. The highest BCUT2D eigenvalue weighted by Gasteiger charge is 2.30. The third-order valence-electron chi connectivity index (χ3n) is 6.37. The van der Waals surface area contributed by atoms with Crippen LogP contribution in [0.4, 0.5) is 17.1 Å². The van der Waals surface area contributed by atoms with E-state index in [1.807, 2.05) is 6.07 Å². The Bertz CT molecular complexity index is 1180. The molecule has 30 heavy (non-hydrogen) atoms. The molecule has 5 rings (SSSR count). The van der Waals surface area contributed by atoms with Gasteiger partial charge in [0.25, 0.3) is 0 Å². The zero-order valence-electron chi connectivity index (χ0n) is 17.2. The minimum atomic E-state index is 0.369. The summed E-state index contributed by atoms with van der Waals surface area (Å²) in [5.74, 6) is 0.764. The van der Waals surface area contributed by atoms with E-state index in [2.05, 4.69) is 110 Å². The topological polar surface area (TPSA) is 3.24 Å². The molecule has 1 heterocycles. The van der Waals surface area contributed by atoms with E-state index in [4.69, 9.17) is 11.6 Å². The van der Waals surface area contributed by atoms with Gasteiger partial charge in [-0.2, -0.15) is 0 Å². The van der Waals surface area contributed by atoms with Crippen molar-refractivity contribution in [1.82, 2.24) is 0 Å². The van der Waals surface area contributed by atoms with E-state index < -0.39 is 0 Å². The van der Waals surface area contributed by atoms with Crippen LogP contribution in [0.2, 0.25) is 5.02 Å². The molecule has 4 aromatic carbocycles. The fraction of sp³-hybridized carbons (Fsp3) is 0.143. The molecule has 0 bridgehead atoms. The van der Waals surface area contributed by atoms with Crippen molar-refractivity contribution in [1.29, 1.82) is 0 Å². The average molecular weight is 410 g/mol. The SMILES string of the molecule is CC1c2ccccc2N(c2ccc(-c3ccccc3)cc2)c2ccc(Cl)cc2C1C. The highest BCUT2D eigenvalue weighted by Crippen LogP contribution is 2.50. The minimum Gasteiger partial charge on any atom is -0.310 e. The lowest BCUT2D eigenvalue weighted by molar-refractivity contribution is 0.631. The Balaban J connectivity index is 1.69. The van der Waals surface area contributed by atoms with Crippen molar-refractivity contribution >= 4 is 28.7 Å². The molecule has 2 atom stereocenters. The van der Waals surface area contributed by atoms with Gasteiger partial charge in [-0.1, -0.05) is 86.1 Å². The fourth-order valence-corrected chi connectivity index (χ4v) is 4.73. The molecule has 1 aliphatic rings. The van der Waals surface area contributed by atoms with Gasteiger partial charge in [-0.15, -0.1) is 0 Å². The average Bonchev–Trinajstić information content (AvgIpc) is 2.88. The first-order valence-corrected chi connectivity index (χ1v) is 10.9. The van der Waals surface area contributed by atoms with Gasteiger partial charge in [0.1, 0.15) is 0 Å². The number of nitrogens with zero attached hydrogens (tertiary/aromatic N) is 1. The van der Waals surface area contributed by atoms with Gasteiger partial charge in [0.15, 0.2) is 0 Å². The first-order chi connectivity index (χ1) is 14.6. The van der Waals surface area contributed by atoms with Gasteiger partial charge in [-0.25, -0.2) is 0 Å². The number of rotatable bonds is 2. The van der Waals surface area contributed by atoms with Crippen LogP contribution >= 0.6 is 11.6 Å². The molecular weight excluding hydrogens is 386 g/mol. The molecule has 0 spiro atoms. The maximum absolute atomic E-state index is 6.42. The van der Waals surface area contributed by atoms with Crippen molar-refractivity contribution in [2.24, 2.45) is 0 Å². The Morgan fingerprint density at radius 3 is 1.97 bits per heavy atom. The number of para-hydroxylation sites is 1. The van der Waals surface area contributed by atoms with E-state index >= 15 is 0 Å². The normalized spacial score (nSPS) is 17.8. The predicted molar refractivity (Wildman–Crippen MR) is 128 cm³/mol. The molecule has 0 amide bonds. The molecule has 148 valence electrons. The first kappa shape index (κ1) is 19.0. The molecule has 2 heteroatoms. The van der Waals surface area contributed by atoms with E-state index in [0.717, 1.165) is 10.7 Å². The smallest absolute Gasteiger partial charge is 0.0497 e. The maximum atomic E-state index is 6.42. The number of fused-ring (bicyclic) bond motifs is 2. The number of halogens is 1. The van der Waals surface area contributed by atoms with Crippen molar-refractivity contribution in [3.63, 3.8) is 0 Å². The summed E-state index contributed by atoms with van der Waals surface area (Å²) in [4.78, 5) is 2.38. The number of anilines is 3. The van der Waals surface area contributed by atoms with Gasteiger partial charge in [-0.05, 0) is 70.5 Å². The molecule has 0 saturated carbocycles. The Labute approximate surface area is 183 Å². The van der Waals surface area contributed by atoms with Crippen LogP contribution in [-0.2, 0) is 0 Å². The number of benzene rings is 4. The van der Waals surface area contributed by atoms with Gasteiger partial charge < -0.3 is 4.90 Å². The Morgan fingerprint density at radius 2 is 1.20 bits per heavy atom. The third-order valence-corrected chi connectivity index (χ3v) is 6.61. The molecule has 0 N–H and O–H groups in total. The zero-order chi connectivity index (χ0) is 20.7. The lowest BCUT2D eigenvalue weighted by Crippen LogP contribution is -2.11. The van der Waals surface area contributed by atoms with Crippen LogP contribution < -0.4 is 4.90 Å². The summed E-state index contributed by atoms with van der Waals surface area (Å²) in [5, 5.41) is 0.790. The summed E-state index contributed by atoms with van der Waals surface area (Å²) < 4.78 is 0. The Hall–Kier alpha value is -3.03. The summed E-state index contributed by atoms with van der Waals surface area (Å²) in [6, 6.07) is 34.4. The first-order valence-electron chi connectivity index (χ1n) is 10.5. The monoisotopic (exact) mass is 409 g/mol. The molecule has 1 nitrogen and oxygen atoms in total. The maximum Gasteiger partial charge on any atom is 0.0497 e. The van der Waals surface area contributed by atoms with Crippen molar-refractivity contribution in [3.05, 3.63) is 113 Å². The molecule has 4 aromatic rings. The van der Waals surface area contributed by atoms with Crippen LogP contribution in [0.25, 0.3) is 11.1 Å². The van der Waals surface area contributed by atoms with Crippen molar-refractivity contribution in [2.75, 3.05) is 4.90 Å². The van der Waals surface area contributed by atoms with Crippen molar-refractivity contribution < 1.29 is 0 Å². The third kappa shape index (κ3) is 3.20. The standard InChI is InChI=1S/C28H24ClN/c1-19-20(2)26-18-23(29)14-17-28(26)30(27-11-7-6-10-25(19)27)24-15-12-22(13-16-24)21-8-4-3-5-9-21/h3-20H,1-2H3. The second-order valence-corrected chi connectivity index (χ2v) is 8.52. The molecule has 0 saturated heterocycles. The second kappa shape index (κ2) is 7.66. The van der Waals surface area contributed by atoms with Gasteiger partial charge in [0.2, 0.25) is 0 Å². The molecule has 0 fully saturated rings. The van der Waals surface area contributed by atoms with E-state index in [1.165, 1.54) is 33.6 Å². The molecule has 0 aliphatic carbocycles. The highest BCUT2D eigenvalue weighted by atomic mass is 35.5. The largest absolute Gasteiger partial charge is 0.310 e.